The van der Waals surface area contributed by atoms with Gasteiger partial charge in [-0.1, -0.05) is 11.6 Å². The molecule has 0 unspecified atom stereocenters. The first-order chi connectivity index (χ1) is 6.59. The van der Waals surface area contributed by atoms with Crippen LogP contribution >= 0.6 is 11.6 Å². The van der Waals surface area contributed by atoms with Crippen molar-refractivity contribution in [2.75, 3.05) is 0 Å². The van der Waals surface area contributed by atoms with E-state index >= 15 is 0 Å². The van der Waals surface area contributed by atoms with Gasteiger partial charge in [-0.05, 0) is 13.8 Å². The summed E-state index contributed by atoms with van der Waals surface area (Å²) in [6.45, 7) is 3.93. The Morgan fingerprint density at radius 3 is 2.79 bits per heavy atom. The summed E-state index contributed by atoms with van der Waals surface area (Å²) in [7, 11) is 0. The topological polar surface area (TPSA) is 30.7 Å². The van der Waals surface area contributed by atoms with Crippen molar-refractivity contribution < 1.29 is 4.39 Å². The van der Waals surface area contributed by atoms with Gasteiger partial charge < -0.3 is 0 Å². The van der Waals surface area contributed by atoms with E-state index in [0.29, 0.717) is 5.39 Å². The Morgan fingerprint density at radius 1 is 1.50 bits per heavy atom. The van der Waals surface area contributed by atoms with Crippen molar-refractivity contribution in [3.05, 3.63) is 23.4 Å². The van der Waals surface area contributed by atoms with E-state index in [1.165, 1.54) is 0 Å². The summed E-state index contributed by atoms with van der Waals surface area (Å²) >= 11 is 5.82. The molecule has 14 heavy (non-hydrogen) atoms. The fourth-order valence-corrected chi connectivity index (χ4v) is 1.41. The molecule has 0 saturated heterocycles. The molecular formula is C9H9ClFN3. The second-order valence-electron chi connectivity index (χ2n) is 3.36. The Kier molecular flexibility index (Phi) is 2.15. The summed E-state index contributed by atoms with van der Waals surface area (Å²) in [5.41, 5.74) is 0.277. The summed E-state index contributed by atoms with van der Waals surface area (Å²) in [4.78, 5) is 3.72. The van der Waals surface area contributed by atoms with Gasteiger partial charge in [-0.2, -0.15) is 5.10 Å². The van der Waals surface area contributed by atoms with Gasteiger partial charge in [-0.3, -0.25) is 4.68 Å². The largest absolute Gasteiger partial charge is 0.269 e. The van der Waals surface area contributed by atoms with Gasteiger partial charge in [0.15, 0.2) is 5.82 Å². The summed E-state index contributed by atoms with van der Waals surface area (Å²) in [6.07, 6.45) is 2.79. The first kappa shape index (κ1) is 9.40. The van der Waals surface area contributed by atoms with Crippen LogP contribution in [0.5, 0.6) is 0 Å². The lowest BCUT2D eigenvalue weighted by Gasteiger charge is -2.02. The van der Waals surface area contributed by atoms with E-state index < -0.39 is 5.82 Å². The van der Waals surface area contributed by atoms with E-state index in [0.717, 1.165) is 6.20 Å². The van der Waals surface area contributed by atoms with E-state index in [2.05, 4.69) is 10.1 Å². The molecule has 0 spiro atoms. The predicted molar refractivity (Wildman–Crippen MR) is 52.9 cm³/mol. The Morgan fingerprint density at radius 2 is 2.21 bits per heavy atom. The predicted octanol–water partition coefficient (Wildman–Crippen LogP) is 2.80. The first-order valence-electron chi connectivity index (χ1n) is 4.28. The molecule has 0 aromatic carbocycles. The van der Waals surface area contributed by atoms with Crippen molar-refractivity contribution in [3.63, 3.8) is 0 Å². The van der Waals surface area contributed by atoms with Gasteiger partial charge in [0.1, 0.15) is 10.7 Å². The van der Waals surface area contributed by atoms with Crippen molar-refractivity contribution >= 4 is 22.5 Å². The Bertz CT molecular complexity index is 439. The number of hydrogen-bond donors (Lipinski definition) is 0. The van der Waals surface area contributed by atoms with Crippen molar-refractivity contribution in [2.24, 2.45) is 0 Å². The molecule has 3 nitrogen and oxygen atoms in total. The van der Waals surface area contributed by atoms with E-state index in [1.54, 1.807) is 10.9 Å². The van der Waals surface area contributed by atoms with Crippen LogP contribution in [0, 0.1) is 5.82 Å². The molecule has 2 aromatic heterocycles. The van der Waals surface area contributed by atoms with Crippen molar-refractivity contribution in [3.8, 4) is 0 Å². The second kappa shape index (κ2) is 3.20. The van der Waals surface area contributed by atoms with Crippen LogP contribution < -0.4 is 0 Å². The molecule has 74 valence electrons. The van der Waals surface area contributed by atoms with Crippen LogP contribution in [0.2, 0.25) is 5.15 Å². The molecule has 0 aliphatic carbocycles. The maximum atomic E-state index is 13.2. The highest BCUT2D eigenvalue weighted by atomic mass is 35.5. The van der Waals surface area contributed by atoms with Gasteiger partial charge in [0.25, 0.3) is 0 Å². The third-order valence-corrected chi connectivity index (χ3v) is 2.30. The van der Waals surface area contributed by atoms with Crippen LogP contribution in [0.3, 0.4) is 0 Å². The lowest BCUT2D eigenvalue weighted by molar-refractivity contribution is 0.533. The minimum absolute atomic E-state index is 0.179. The van der Waals surface area contributed by atoms with E-state index in [9.17, 15) is 4.39 Å². The third-order valence-electron chi connectivity index (χ3n) is 2.00. The molecule has 5 heteroatoms. The Labute approximate surface area is 85.5 Å². The second-order valence-corrected chi connectivity index (χ2v) is 3.72. The average Bonchev–Trinajstić information content (AvgIpc) is 2.57. The average molecular weight is 214 g/mol. The van der Waals surface area contributed by atoms with Gasteiger partial charge >= 0.3 is 0 Å². The number of pyridine rings is 1. The number of halogens is 2. The normalized spacial score (nSPS) is 11.5. The summed E-state index contributed by atoms with van der Waals surface area (Å²) in [5, 5.41) is 4.93. The zero-order valence-corrected chi connectivity index (χ0v) is 8.59. The van der Waals surface area contributed by atoms with Crippen LogP contribution in [-0.4, -0.2) is 14.8 Å². The first-order valence-corrected chi connectivity index (χ1v) is 4.66. The van der Waals surface area contributed by atoms with Gasteiger partial charge in [0, 0.05) is 12.2 Å². The minimum Gasteiger partial charge on any atom is -0.269 e. The molecule has 0 amide bonds. The van der Waals surface area contributed by atoms with Gasteiger partial charge in [-0.15, -0.1) is 0 Å². The molecule has 2 aromatic rings. The fourth-order valence-electron chi connectivity index (χ4n) is 1.23. The smallest absolute Gasteiger partial charge is 0.169 e. The zero-order chi connectivity index (χ0) is 10.3. The standard InChI is InChI=1S/C9H9ClFN3/c1-5(2)14-4-6-8(13-14)7(11)3-12-9(6)10/h3-5H,1-2H3. The van der Waals surface area contributed by atoms with Gasteiger partial charge in [0.2, 0.25) is 0 Å². The number of fused-ring (bicyclic) bond motifs is 1. The molecular weight excluding hydrogens is 205 g/mol. The van der Waals surface area contributed by atoms with Crippen LogP contribution in [0.4, 0.5) is 4.39 Å². The lowest BCUT2D eigenvalue weighted by Crippen LogP contribution is -2.00. The van der Waals surface area contributed by atoms with Crippen molar-refractivity contribution in [1.82, 2.24) is 14.8 Å². The highest BCUT2D eigenvalue weighted by molar-refractivity contribution is 6.34. The number of nitrogens with zero attached hydrogens (tertiary/aromatic N) is 3. The summed E-state index contributed by atoms with van der Waals surface area (Å²) in [6, 6.07) is 0.179. The van der Waals surface area contributed by atoms with Crippen LogP contribution in [0.25, 0.3) is 10.9 Å². The van der Waals surface area contributed by atoms with Crippen LogP contribution in [0.1, 0.15) is 19.9 Å². The number of aromatic nitrogens is 3. The monoisotopic (exact) mass is 213 g/mol. The lowest BCUT2D eigenvalue weighted by atomic mass is 10.3. The van der Waals surface area contributed by atoms with Crippen molar-refractivity contribution in [1.29, 1.82) is 0 Å². The molecule has 0 bridgehead atoms. The van der Waals surface area contributed by atoms with E-state index in [-0.39, 0.29) is 16.7 Å². The molecule has 0 atom stereocenters. The summed E-state index contributed by atoms with van der Waals surface area (Å²) in [5.74, 6) is -0.441. The Hall–Kier alpha value is -1.16. The molecule has 2 rings (SSSR count). The molecule has 0 saturated carbocycles. The maximum Gasteiger partial charge on any atom is 0.169 e. The van der Waals surface area contributed by atoms with Crippen LogP contribution in [0.15, 0.2) is 12.4 Å². The van der Waals surface area contributed by atoms with E-state index in [4.69, 9.17) is 11.6 Å². The molecule has 0 aliphatic rings. The number of rotatable bonds is 1. The van der Waals surface area contributed by atoms with E-state index in [1.807, 2.05) is 13.8 Å². The highest BCUT2D eigenvalue weighted by Gasteiger charge is 2.11. The van der Waals surface area contributed by atoms with Gasteiger partial charge in [0.05, 0.1) is 11.6 Å². The van der Waals surface area contributed by atoms with Gasteiger partial charge in [-0.25, -0.2) is 9.37 Å². The Balaban J connectivity index is 2.75. The van der Waals surface area contributed by atoms with Crippen LogP contribution in [-0.2, 0) is 0 Å². The SMILES string of the molecule is CC(C)n1cc2c(Cl)ncc(F)c2n1. The molecule has 0 radical (unpaired) electrons. The highest BCUT2D eigenvalue weighted by Crippen LogP contribution is 2.23. The number of hydrogen-bond acceptors (Lipinski definition) is 2. The maximum absolute atomic E-state index is 13.2. The molecule has 2 heterocycles. The molecule has 0 fully saturated rings. The summed E-state index contributed by atoms with van der Waals surface area (Å²) < 4.78 is 14.9. The fraction of sp³-hybridized carbons (Fsp3) is 0.333. The zero-order valence-electron chi connectivity index (χ0n) is 7.83. The van der Waals surface area contributed by atoms with Crippen molar-refractivity contribution in [2.45, 2.75) is 19.9 Å². The molecule has 0 aliphatic heterocycles. The minimum atomic E-state index is -0.441. The third kappa shape index (κ3) is 1.35. The molecule has 0 N–H and O–H groups in total. The quantitative estimate of drug-likeness (QED) is 0.682.